The largest absolute Gasteiger partial charge is 0.379 e. The van der Waals surface area contributed by atoms with Gasteiger partial charge in [-0.1, -0.05) is 18.2 Å². The van der Waals surface area contributed by atoms with E-state index >= 15 is 0 Å². The first-order valence-electron chi connectivity index (χ1n) is 6.35. The van der Waals surface area contributed by atoms with Gasteiger partial charge in [0.25, 0.3) is 0 Å². The predicted octanol–water partition coefficient (Wildman–Crippen LogP) is 2.22. The van der Waals surface area contributed by atoms with E-state index in [-0.39, 0.29) is 0 Å². The molecule has 20 heavy (non-hydrogen) atoms. The zero-order valence-corrected chi connectivity index (χ0v) is 10.6. The first-order valence-corrected chi connectivity index (χ1v) is 6.35. The first-order chi connectivity index (χ1) is 9.92. The summed E-state index contributed by atoms with van der Waals surface area (Å²) in [5.41, 5.74) is 4.52. The molecule has 0 saturated carbocycles. The summed E-state index contributed by atoms with van der Waals surface area (Å²) in [5.74, 6) is 0. The highest BCUT2D eigenvalue weighted by molar-refractivity contribution is 5.84. The molecule has 3 heterocycles. The fraction of sp³-hybridized carbons (Fsp3) is 0.0714. The molecule has 0 aliphatic rings. The molecule has 1 aromatic carbocycles. The molecule has 4 rings (SSSR count). The van der Waals surface area contributed by atoms with Gasteiger partial charge in [0, 0.05) is 5.69 Å². The van der Waals surface area contributed by atoms with Crippen LogP contribution < -0.4 is 5.32 Å². The van der Waals surface area contributed by atoms with Gasteiger partial charge in [0.2, 0.25) is 0 Å². The smallest absolute Gasteiger partial charge is 0.182 e. The Morgan fingerprint density at radius 1 is 1.10 bits per heavy atom. The standard InChI is InChI=1S/C14H12N6/c1-2-4-10(5-3-1)15-6-11-7-16-14-12-13(18-8-17-12)19-9-20(11)14/h1-5,7-9,15H,6H2,(H,17,18). The average molecular weight is 264 g/mol. The highest BCUT2D eigenvalue weighted by Gasteiger charge is 2.09. The van der Waals surface area contributed by atoms with Crippen LogP contribution in [0.2, 0.25) is 0 Å². The van der Waals surface area contributed by atoms with Gasteiger partial charge in [-0.3, -0.25) is 4.40 Å². The summed E-state index contributed by atoms with van der Waals surface area (Å²) in [7, 11) is 0. The zero-order chi connectivity index (χ0) is 13.4. The van der Waals surface area contributed by atoms with Crippen LogP contribution in [-0.2, 0) is 6.54 Å². The molecule has 6 nitrogen and oxygen atoms in total. The van der Waals surface area contributed by atoms with E-state index in [1.807, 2.05) is 40.9 Å². The van der Waals surface area contributed by atoms with Crippen molar-refractivity contribution in [3.63, 3.8) is 0 Å². The molecule has 4 aromatic rings. The van der Waals surface area contributed by atoms with Crippen molar-refractivity contribution in [2.45, 2.75) is 6.54 Å². The lowest BCUT2D eigenvalue weighted by atomic mass is 10.3. The van der Waals surface area contributed by atoms with Crippen LogP contribution >= 0.6 is 0 Å². The van der Waals surface area contributed by atoms with Gasteiger partial charge in [0.1, 0.15) is 11.8 Å². The maximum Gasteiger partial charge on any atom is 0.182 e. The molecular formula is C14H12N6. The minimum Gasteiger partial charge on any atom is -0.379 e. The number of aromatic amines is 1. The SMILES string of the molecule is c1ccc(NCc2cnc3c4[nH]cnc4ncn23)cc1. The lowest BCUT2D eigenvalue weighted by molar-refractivity contribution is 0.980. The molecule has 0 aliphatic heterocycles. The second kappa shape index (κ2) is 4.34. The van der Waals surface area contributed by atoms with Gasteiger partial charge >= 0.3 is 0 Å². The lowest BCUT2D eigenvalue weighted by Crippen LogP contribution is -2.03. The third-order valence-corrected chi connectivity index (χ3v) is 3.26. The number of fused-ring (bicyclic) bond motifs is 3. The van der Waals surface area contributed by atoms with Gasteiger partial charge in [-0.2, -0.15) is 0 Å². The second-order valence-corrected chi connectivity index (χ2v) is 4.51. The summed E-state index contributed by atoms with van der Waals surface area (Å²) < 4.78 is 1.97. The second-order valence-electron chi connectivity index (χ2n) is 4.51. The molecule has 0 saturated heterocycles. The molecule has 6 heteroatoms. The minimum absolute atomic E-state index is 0.686. The maximum absolute atomic E-state index is 4.44. The Morgan fingerprint density at radius 2 is 2.00 bits per heavy atom. The zero-order valence-electron chi connectivity index (χ0n) is 10.6. The summed E-state index contributed by atoms with van der Waals surface area (Å²) in [6.07, 6.45) is 5.25. The molecular weight excluding hydrogens is 252 g/mol. The number of para-hydroxylation sites is 1. The van der Waals surface area contributed by atoms with Gasteiger partial charge in [-0.15, -0.1) is 0 Å². The Balaban J connectivity index is 1.70. The molecule has 0 aliphatic carbocycles. The number of hydrogen-bond acceptors (Lipinski definition) is 4. The molecule has 0 unspecified atom stereocenters. The maximum atomic E-state index is 4.44. The third kappa shape index (κ3) is 1.70. The van der Waals surface area contributed by atoms with Gasteiger partial charge < -0.3 is 10.3 Å². The Bertz CT molecular complexity index is 861. The molecule has 0 amide bonds. The number of hydrogen-bond donors (Lipinski definition) is 2. The van der Waals surface area contributed by atoms with Gasteiger partial charge in [0.15, 0.2) is 11.3 Å². The molecule has 0 atom stereocenters. The monoisotopic (exact) mass is 264 g/mol. The Labute approximate surface area is 114 Å². The number of nitrogens with one attached hydrogen (secondary N) is 2. The van der Waals surface area contributed by atoms with E-state index in [9.17, 15) is 0 Å². The molecule has 0 radical (unpaired) electrons. The number of anilines is 1. The van der Waals surface area contributed by atoms with Gasteiger partial charge in [-0.05, 0) is 12.1 Å². The van der Waals surface area contributed by atoms with E-state index in [0.29, 0.717) is 12.2 Å². The van der Waals surface area contributed by atoms with E-state index in [1.54, 1.807) is 12.7 Å². The molecule has 0 fully saturated rings. The van der Waals surface area contributed by atoms with Crippen LogP contribution in [0, 0.1) is 0 Å². The number of nitrogens with zero attached hydrogens (tertiary/aromatic N) is 4. The van der Waals surface area contributed by atoms with E-state index in [0.717, 1.165) is 22.5 Å². The first kappa shape index (κ1) is 11.0. The van der Waals surface area contributed by atoms with Crippen molar-refractivity contribution < 1.29 is 0 Å². The van der Waals surface area contributed by atoms with Crippen LogP contribution in [0.3, 0.4) is 0 Å². The van der Waals surface area contributed by atoms with Crippen molar-refractivity contribution >= 4 is 22.5 Å². The van der Waals surface area contributed by atoms with Crippen molar-refractivity contribution in [2.24, 2.45) is 0 Å². The van der Waals surface area contributed by atoms with Crippen molar-refractivity contribution in [1.82, 2.24) is 24.3 Å². The summed E-state index contributed by atoms with van der Waals surface area (Å²) in [6, 6.07) is 10.1. The summed E-state index contributed by atoms with van der Waals surface area (Å²) >= 11 is 0. The minimum atomic E-state index is 0.686. The number of aromatic nitrogens is 5. The Kier molecular flexibility index (Phi) is 2.38. The number of benzene rings is 1. The van der Waals surface area contributed by atoms with Crippen molar-refractivity contribution in [3.05, 3.63) is 54.9 Å². The van der Waals surface area contributed by atoms with Crippen LogP contribution in [0.15, 0.2) is 49.2 Å². The Hall–Kier alpha value is -2.89. The van der Waals surface area contributed by atoms with Crippen molar-refractivity contribution in [3.8, 4) is 0 Å². The normalized spacial score (nSPS) is 11.2. The fourth-order valence-corrected chi connectivity index (χ4v) is 2.25. The van der Waals surface area contributed by atoms with Crippen LogP contribution in [0.1, 0.15) is 5.69 Å². The van der Waals surface area contributed by atoms with Gasteiger partial charge in [0.05, 0.1) is 24.8 Å². The van der Waals surface area contributed by atoms with E-state index in [1.165, 1.54) is 0 Å². The third-order valence-electron chi connectivity index (χ3n) is 3.26. The highest BCUT2D eigenvalue weighted by atomic mass is 15.1. The van der Waals surface area contributed by atoms with Crippen LogP contribution in [0.4, 0.5) is 5.69 Å². The molecule has 0 bridgehead atoms. The predicted molar refractivity (Wildman–Crippen MR) is 76.4 cm³/mol. The quantitative estimate of drug-likeness (QED) is 0.595. The van der Waals surface area contributed by atoms with Crippen LogP contribution in [-0.4, -0.2) is 24.3 Å². The molecule has 0 spiro atoms. The molecule has 3 aromatic heterocycles. The summed E-state index contributed by atoms with van der Waals surface area (Å²) in [5, 5.41) is 3.37. The molecule has 2 N–H and O–H groups in total. The number of rotatable bonds is 3. The summed E-state index contributed by atoms with van der Waals surface area (Å²) in [6.45, 7) is 0.687. The van der Waals surface area contributed by atoms with E-state index in [2.05, 4.69) is 25.3 Å². The highest BCUT2D eigenvalue weighted by Crippen LogP contribution is 2.15. The molecule has 98 valence electrons. The number of H-pyrrole nitrogens is 1. The fourth-order valence-electron chi connectivity index (χ4n) is 2.25. The number of imidazole rings is 2. The average Bonchev–Trinajstić information content (AvgIpc) is 3.12. The van der Waals surface area contributed by atoms with Crippen LogP contribution in [0.25, 0.3) is 16.8 Å². The van der Waals surface area contributed by atoms with E-state index in [4.69, 9.17) is 0 Å². The van der Waals surface area contributed by atoms with Crippen molar-refractivity contribution in [2.75, 3.05) is 5.32 Å². The van der Waals surface area contributed by atoms with Crippen LogP contribution in [0.5, 0.6) is 0 Å². The van der Waals surface area contributed by atoms with E-state index < -0.39 is 0 Å². The summed E-state index contributed by atoms with van der Waals surface area (Å²) in [4.78, 5) is 16.0. The van der Waals surface area contributed by atoms with Crippen molar-refractivity contribution in [1.29, 1.82) is 0 Å². The van der Waals surface area contributed by atoms with Gasteiger partial charge in [-0.25, -0.2) is 15.0 Å². The topological polar surface area (TPSA) is 70.9 Å². The lowest BCUT2D eigenvalue weighted by Gasteiger charge is -2.05. The Morgan fingerprint density at radius 3 is 2.90 bits per heavy atom.